The van der Waals surface area contributed by atoms with Gasteiger partial charge in [-0.1, -0.05) is 20.3 Å². The number of thioether (sulfide) groups is 1. The number of unbranched alkanes of at least 4 members (excludes halogenated alkanes) is 2. The molecule has 1 atom stereocenters. The molecule has 0 rings (SSSR count). The number of aliphatic carboxylic acids is 1. The van der Waals surface area contributed by atoms with Crippen LogP contribution >= 0.6 is 11.8 Å². The van der Waals surface area contributed by atoms with E-state index in [0.29, 0.717) is 30.9 Å². The fraction of sp³-hybridized carbons (Fsp3) is 0.917. The standard InChI is InChI=1S/C12H21F3O2S/c1-9(2)8-10(11(16)17)18-7-5-3-4-6-12(13,14)15/h9-10H,3-8H2,1-2H3,(H,16,17). The fourth-order valence-corrected chi connectivity index (χ4v) is 2.82. The van der Waals surface area contributed by atoms with Gasteiger partial charge in [0.15, 0.2) is 0 Å². The molecule has 0 saturated heterocycles. The van der Waals surface area contributed by atoms with Gasteiger partial charge < -0.3 is 5.11 Å². The Bertz CT molecular complexity index is 242. The van der Waals surface area contributed by atoms with Crippen LogP contribution in [0.2, 0.25) is 0 Å². The van der Waals surface area contributed by atoms with Crippen LogP contribution in [0.3, 0.4) is 0 Å². The van der Waals surface area contributed by atoms with Crippen LogP contribution in [0.25, 0.3) is 0 Å². The Kier molecular flexibility index (Phi) is 8.48. The van der Waals surface area contributed by atoms with Crippen molar-refractivity contribution in [2.45, 2.75) is 57.4 Å². The summed E-state index contributed by atoms with van der Waals surface area (Å²) < 4.78 is 35.6. The number of alkyl halides is 3. The summed E-state index contributed by atoms with van der Waals surface area (Å²) in [6.07, 6.45) is -2.95. The van der Waals surface area contributed by atoms with Crippen LogP contribution < -0.4 is 0 Å². The molecule has 0 spiro atoms. The van der Waals surface area contributed by atoms with Crippen LogP contribution in [0.15, 0.2) is 0 Å². The van der Waals surface area contributed by atoms with E-state index < -0.39 is 23.8 Å². The normalized spacial score (nSPS) is 13.9. The summed E-state index contributed by atoms with van der Waals surface area (Å²) in [5.41, 5.74) is 0. The number of rotatable bonds is 9. The lowest BCUT2D eigenvalue weighted by atomic mass is 10.1. The van der Waals surface area contributed by atoms with Crippen molar-refractivity contribution in [1.82, 2.24) is 0 Å². The summed E-state index contributed by atoms with van der Waals surface area (Å²) >= 11 is 1.34. The second-order valence-electron chi connectivity index (χ2n) is 4.75. The lowest BCUT2D eigenvalue weighted by Gasteiger charge is -2.14. The van der Waals surface area contributed by atoms with E-state index in [1.54, 1.807) is 0 Å². The van der Waals surface area contributed by atoms with Crippen molar-refractivity contribution in [3.63, 3.8) is 0 Å². The lowest BCUT2D eigenvalue weighted by molar-refractivity contribution is -0.137. The number of hydrogen-bond donors (Lipinski definition) is 1. The second-order valence-corrected chi connectivity index (χ2v) is 6.06. The van der Waals surface area contributed by atoms with Gasteiger partial charge >= 0.3 is 12.1 Å². The third kappa shape index (κ3) is 10.7. The van der Waals surface area contributed by atoms with Crippen LogP contribution in [0.1, 0.15) is 46.0 Å². The molecule has 2 nitrogen and oxygen atoms in total. The van der Waals surface area contributed by atoms with Crippen LogP contribution in [-0.2, 0) is 4.79 Å². The van der Waals surface area contributed by atoms with E-state index in [-0.39, 0.29) is 6.42 Å². The first-order valence-electron chi connectivity index (χ1n) is 6.13. The van der Waals surface area contributed by atoms with E-state index in [1.165, 1.54) is 11.8 Å². The molecule has 0 heterocycles. The predicted molar refractivity (Wildman–Crippen MR) is 67.9 cm³/mol. The topological polar surface area (TPSA) is 37.3 Å². The van der Waals surface area contributed by atoms with Gasteiger partial charge in [-0.2, -0.15) is 13.2 Å². The van der Waals surface area contributed by atoms with Gasteiger partial charge in [-0.05, 0) is 30.9 Å². The molecule has 1 unspecified atom stereocenters. The van der Waals surface area contributed by atoms with Gasteiger partial charge in [0.25, 0.3) is 0 Å². The van der Waals surface area contributed by atoms with Gasteiger partial charge in [-0.3, -0.25) is 4.79 Å². The minimum Gasteiger partial charge on any atom is -0.480 e. The number of hydrogen-bond acceptors (Lipinski definition) is 2. The van der Waals surface area contributed by atoms with Crippen molar-refractivity contribution in [1.29, 1.82) is 0 Å². The third-order valence-electron chi connectivity index (χ3n) is 2.38. The van der Waals surface area contributed by atoms with Gasteiger partial charge in [0.05, 0.1) is 0 Å². The van der Waals surface area contributed by atoms with E-state index in [9.17, 15) is 18.0 Å². The maximum Gasteiger partial charge on any atom is 0.389 e. The highest BCUT2D eigenvalue weighted by Gasteiger charge is 2.25. The van der Waals surface area contributed by atoms with E-state index in [0.717, 1.165) is 0 Å². The van der Waals surface area contributed by atoms with Crippen molar-refractivity contribution in [2.24, 2.45) is 5.92 Å². The Balaban J connectivity index is 3.65. The summed E-state index contributed by atoms with van der Waals surface area (Å²) in [6, 6.07) is 0. The highest BCUT2D eigenvalue weighted by molar-refractivity contribution is 8.00. The monoisotopic (exact) mass is 286 g/mol. The molecular formula is C12H21F3O2S. The molecule has 0 aromatic carbocycles. The molecule has 0 amide bonds. The molecule has 18 heavy (non-hydrogen) atoms. The summed E-state index contributed by atoms with van der Waals surface area (Å²) in [7, 11) is 0. The van der Waals surface area contributed by atoms with Crippen LogP contribution in [0.4, 0.5) is 13.2 Å². The highest BCUT2D eigenvalue weighted by Crippen LogP contribution is 2.24. The number of carboxylic acids is 1. The molecule has 0 saturated carbocycles. The molecule has 108 valence electrons. The number of carbonyl (C=O) groups is 1. The van der Waals surface area contributed by atoms with Crippen molar-refractivity contribution >= 4 is 17.7 Å². The van der Waals surface area contributed by atoms with E-state index in [1.807, 2.05) is 13.8 Å². The van der Waals surface area contributed by atoms with Gasteiger partial charge in [0.1, 0.15) is 5.25 Å². The maximum atomic E-state index is 11.9. The Morgan fingerprint density at radius 1 is 1.22 bits per heavy atom. The zero-order valence-corrected chi connectivity index (χ0v) is 11.6. The zero-order chi connectivity index (χ0) is 14.2. The van der Waals surface area contributed by atoms with Gasteiger partial charge in [0.2, 0.25) is 0 Å². The molecule has 0 fully saturated rings. The van der Waals surface area contributed by atoms with E-state index >= 15 is 0 Å². The molecule has 0 bridgehead atoms. The number of halogens is 3. The average Bonchev–Trinajstić information content (AvgIpc) is 2.18. The Hall–Kier alpha value is -0.390. The molecule has 0 aromatic heterocycles. The molecule has 0 radical (unpaired) electrons. The van der Waals surface area contributed by atoms with Gasteiger partial charge in [0, 0.05) is 6.42 Å². The van der Waals surface area contributed by atoms with E-state index in [2.05, 4.69) is 0 Å². The van der Waals surface area contributed by atoms with Gasteiger partial charge in [-0.15, -0.1) is 11.8 Å². The highest BCUT2D eigenvalue weighted by atomic mass is 32.2. The molecule has 0 aromatic rings. The third-order valence-corrected chi connectivity index (χ3v) is 3.71. The van der Waals surface area contributed by atoms with Crippen molar-refractivity contribution in [3.05, 3.63) is 0 Å². The summed E-state index contributed by atoms with van der Waals surface area (Å²) in [5, 5.41) is 8.52. The van der Waals surface area contributed by atoms with Gasteiger partial charge in [-0.25, -0.2) is 0 Å². The molecular weight excluding hydrogens is 265 g/mol. The molecule has 1 N–H and O–H groups in total. The minimum atomic E-state index is -4.08. The first-order valence-corrected chi connectivity index (χ1v) is 7.18. The fourth-order valence-electron chi connectivity index (χ4n) is 1.50. The van der Waals surface area contributed by atoms with E-state index in [4.69, 9.17) is 5.11 Å². The average molecular weight is 286 g/mol. The van der Waals surface area contributed by atoms with Crippen LogP contribution in [0, 0.1) is 5.92 Å². The minimum absolute atomic E-state index is 0.131. The first kappa shape index (κ1) is 17.6. The maximum absolute atomic E-state index is 11.9. The van der Waals surface area contributed by atoms with Crippen LogP contribution in [-0.4, -0.2) is 28.3 Å². The van der Waals surface area contributed by atoms with Crippen molar-refractivity contribution < 1.29 is 23.1 Å². The first-order chi connectivity index (χ1) is 8.22. The summed E-state index contributed by atoms with van der Waals surface area (Å²) in [5.74, 6) is 0.0921. The second kappa shape index (κ2) is 8.67. The number of carboxylic acid groups (broad SMARTS) is 1. The Morgan fingerprint density at radius 3 is 2.28 bits per heavy atom. The largest absolute Gasteiger partial charge is 0.480 e. The lowest BCUT2D eigenvalue weighted by Crippen LogP contribution is -2.19. The van der Waals surface area contributed by atoms with Crippen molar-refractivity contribution in [3.8, 4) is 0 Å². The molecule has 0 aliphatic rings. The smallest absolute Gasteiger partial charge is 0.389 e. The van der Waals surface area contributed by atoms with Crippen LogP contribution in [0.5, 0.6) is 0 Å². The predicted octanol–water partition coefficient (Wildman–Crippen LogP) is 4.34. The van der Waals surface area contributed by atoms with Crippen molar-refractivity contribution in [2.75, 3.05) is 5.75 Å². The quantitative estimate of drug-likeness (QED) is 0.641. The molecule has 0 aliphatic heterocycles. The Labute approximate surface area is 110 Å². The molecule has 0 aliphatic carbocycles. The summed E-state index contributed by atoms with van der Waals surface area (Å²) in [4.78, 5) is 10.9. The SMILES string of the molecule is CC(C)CC(SCCCCCC(F)(F)F)C(=O)O. The summed E-state index contributed by atoms with van der Waals surface area (Å²) in [6.45, 7) is 3.92. The zero-order valence-electron chi connectivity index (χ0n) is 10.8. The molecule has 6 heteroatoms. The Morgan fingerprint density at radius 2 is 1.83 bits per heavy atom.